The van der Waals surface area contributed by atoms with Crippen LogP contribution in [0.3, 0.4) is 0 Å². The second-order valence-corrected chi connectivity index (χ2v) is 9.35. The standard InChI is InChI=1S/C19H37NO2/c1-17(2,3)13-11-10-12-14-20(19(7,8)9)16(21)22-15-18(4,5)6/h11,13H,10,12,14-15H2,1-9H3/b13-11-. The molecule has 0 aliphatic heterocycles. The minimum atomic E-state index is -0.220. The van der Waals surface area contributed by atoms with Crippen LogP contribution >= 0.6 is 0 Å². The second kappa shape index (κ2) is 8.03. The van der Waals surface area contributed by atoms with Gasteiger partial charge in [0.05, 0.1) is 6.61 Å². The first-order valence-electron chi connectivity index (χ1n) is 8.34. The maximum absolute atomic E-state index is 12.3. The van der Waals surface area contributed by atoms with Crippen LogP contribution in [0.2, 0.25) is 0 Å². The molecular weight excluding hydrogens is 274 g/mol. The topological polar surface area (TPSA) is 29.5 Å². The van der Waals surface area contributed by atoms with E-state index in [0.717, 1.165) is 19.4 Å². The summed E-state index contributed by atoms with van der Waals surface area (Å²) in [5.41, 5.74) is -0.00722. The quantitative estimate of drug-likeness (QED) is 0.485. The SMILES string of the molecule is CC(C)(C)/C=C\CCCN(C(=O)OCC(C)(C)C)C(C)(C)C. The van der Waals surface area contributed by atoms with Crippen molar-refractivity contribution in [1.29, 1.82) is 0 Å². The molecule has 3 heteroatoms. The summed E-state index contributed by atoms with van der Waals surface area (Å²) in [7, 11) is 0. The van der Waals surface area contributed by atoms with E-state index in [4.69, 9.17) is 4.74 Å². The van der Waals surface area contributed by atoms with E-state index < -0.39 is 0 Å². The molecular formula is C19H37NO2. The predicted molar refractivity (Wildman–Crippen MR) is 95.1 cm³/mol. The van der Waals surface area contributed by atoms with Gasteiger partial charge in [-0.3, -0.25) is 0 Å². The Kier molecular flexibility index (Phi) is 7.67. The third-order valence-corrected chi connectivity index (χ3v) is 3.03. The van der Waals surface area contributed by atoms with Gasteiger partial charge in [0.1, 0.15) is 0 Å². The number of ether oxygens (including phenoxy) is 1. The number of hydrogen-bond donors (Lipinski definition) is 0. The average Bonchev–Trinajstić information content (AvgIpc) is 2.26. The van der Waals surface area contributed by atoms with Crippen LogP contribution < -0.4 is 0 Å². The van der Waals surface area contributed by atoms with Gasteiger partial charge in [-0.2, -0.15) is 0 Å². The Balaban J connectivity index is 4.49. The third kappa shape index (κ3) is 10.7. The van der Waals surface area contributed by atoms with Crippen molar-refractivity contribution in [2.75, 3.05) is 13.2 Å². The summed E-state index contributed by atoms with van der Waals surface area (Å²) in [6.07, 6.45) is 6.17. The molecule has 0 saturated carbocycles. The average molecular weight is 312 g/mol. The first kappa shape index (κ1) is 21.0. The van der Waals surface area contributed by atoms with E-state index >= 15 is 0 Å². The Morgan fingerprint density at radius 3 is 1.95 bits per heavy atom. The fourth-order valence-corrected chi connectivity index (χ4v) is 1.86. The molecule has 130 valence electrons. The van der Waals surface area contributed by atoms with Crippen molar-refractivity contribution in [1.82, 2.24) is 4.90 Å². The zero-order valence-electron chi connectivity index (χ0n) is 16.2. The molecule has 0 N–H and O–H groups in total. The third-order valence-electron chi connectivity index (χ3n) is 3.03. The molecule has 0 rings (SSSR count). The summed E-state index contributed by atoms with van der Waals surface area (Å²) >= 11 is 0. The zero-order valence-corrected chi connectivity index (χ0v) is 16.2. The van der Waals surface area contributed by atoms with Crippen molar-refractivity contribution < 1.29 is 9.53 Å². The summed E-state index contributed by atoms with van der Waals surface area (Å²) in [6.45, 7) is 20.1. The highest BCUT2D eigenvalue weighted by Crippen LogP contribution is 2.19. The Hall–Kier alpha value is -0.990. The number of nitrogens with zero attached hydrogens (tertiary/aromatic N) is 1. The van der Waals surface area contributed by atoms with Gasteiger partial charge >= 0.3 is 6.09 Å². The van der Waals surface area contributed by atoms with E-state index in [1.807, 2.05) is 4.90 Å². The van der Waals surface area contributed by atoms with Crippen LogP contribution in [-0.2, 0) is 4.74 Å². The molecule has 0 fully saturated rings. The lowest BCUT2D eigenvalue weighted by molar-refractivity contribution is 0.0456. The lowest BCUT2D eigenvalue weighted by Crippen LogP contribution is -2.47. The molecule has 22 heavy (non-hydrogen) atoms. The van der Waals surface area contributed by atoms with E-state index in [9.17, 15) is 4.79 Å². The summed E-state index contributed by atoms with van der Waals surface area (Å²) in [5.74, 6) is 0. The van der Waals surface area contributed by atoms with E-state index in [1.165, 1.54) is 0 Å². The van der Waals surface area contributed by atoms with Gasteiger partial charge in [0.2, 0.25) is 0 Å². The van der Waals surface area contributed by atoms with Crippen LogP contribution in [0.5, 0.6) is 0 Å². The summed E-state index contributed by atoms with van der Waals surface area (Å²) < 4.78 is 5.48. The fraction of sp³-hybridized carbons (Fsp3) is 0.842. The fourth-order valence-electron chi connectivity index (χ4n) is 1.86. The van der Waals surface area contributed by atoms with Crippen molar-refractivity contribution in [3.05, 3.63) is 12.2 Å². The van der Waals surface area contributed by atoms with Gasteiger partial charge in [0.15, 0.2) is 0 Å². The van der Waals surface area contributed by atoms with Gasteiger partial charge in [0.25, 0.3) is 0 Å². The van der Waals surface area contributed by atoms with Crippen LogP contribution in [0.25, 0.3) is 0 Å². The molecule has 1 amide bonds. The van der Waals surface area contributed by atoms with Crippen molar-refractivity contribution in [3.8, 4) is 0 Å². The van der Waals surface area contributed by atoms with Gasteiger partial charge in [-0.15, -0.1) is 0 Å². The molecule has 0 unspecified atom stereocenters. The highest BCUT2D eigenvalue weighted by atomic mass is 16.6. The first-order valence-corrected chi connectivity index (χ1v) is 8.34. The molecule has 0 aromatic heterocycles. The van der Waals surface area contributed by atoms with Gasteiger partial charge < -0.3 is 9.64 Å². The first-order chi connectivity index (χ1) is 9.72. The van der Waals surface area contributed by atoms with Crippen molar-refractivity contribution >= 4 is 6.09 Å². The van der Waals surface area contributed by atoms with Crippen molar-refractivity contribution in [2.45, 2.75) is 80.7 Å². The van der Waals surface area contributed by atoms with Crippen molar-refractivity contribution in [2.24, 2.45) is 10.8 Å². The molecule has 0 radical (unpaired) electrons. The molecule has 0 bridgehead atoms. The highest BCUT2D eigenvalue weighted by molar-refractivity contribution is 5.68. The Morgan fingerprint density at radius 2 is 1.55 bits per heavy atom. The Bertz CT molecular complexity index is 364. The number of amides is 1. The monoisotopic (exact) mass is 311 g/mol. The smallest absolute Gasteiger partial charge is 0.410 e. The largest absolute Gasteiger partial charge is 0.449 e. The molecule has 0 aliphatic rings. The minimum Gasteiger partial charge on any atom is -0.449 e. The van der Waals surface area contributed by atoms with Crippen molar-refractivity contribution in [3.63, 3.8) is 0 Å². The maximum Gasteiger partial charge on any atom is 0.410 e. The van der Waals surface area contributed by atoms with Crippen LogP contribution in [-0.4, -0.2) is 29.7 Å². The van der Waals surface area contributed by atoms with Crippen LogP contribution in [0.1, 0.15) is 75.2 Å². The molecule has 0 atom stereocenters. The highest BCUT2D eigenvalue weighted by Gasteiger charge is 2.28. The van der Waals surface area contributed by atoms with Crippen LogP contribution in [0.15, 0.2) is 12.2 Å². The van der Waals surface area contributed by atoms with Crippen LogP contribution in [0, 0.1) is 10.8 Å². The summed E-state index contributed by atoms with van der Waals surface area (Å²) in [6, 6.07) is 0. The minimum absolute atomic E-state index is 0.00530. The molecule has 3 nitrogen and oxygen atoms in total. The molecule has 0 heterocycles. The predicted octanol–water partition coefficient (Wildman–Crippen LogP) is 5.65. The summed E-state index contributed by atoms with van der Waals surface area (Å²) in [5, 5.41) is 0. The number of unbranched alkanes of at least 4 members (excludes halogenated alkanes) is 1. The number of carbonyl (C=O) groups excluding carboxylic acids is 1. The number of allylic oxidation sites excluding steroid dienone is 2. The van der Waals surface area contributed by atoms with Gasteiger partial charge in [-0.1, -0.05) is 53.7 Å². The Labute approximate surface area is 138 Å². The second-order valence-electron chi connectivity index (χ2n) is 9.35. The zero-order chi connectivity index (χ0) is 17.6. The maximum atomic E-state index is 12.3. The van der Waals surface area contributed by atoms with E-state index in [2.05, 4.69) is 74.5 Å². The van der Waals surface area contributed by atoms with Gasteiger partial charge in [-0.25, -0.2) is 4.79 Å². The van der Waals surface area contributed by atoms with E-state index in [0.29, 0.717) is 6.61 Å². The normalized spacial score (nSPS) is 13.5. The number of rotatable bonds is 5. The molecule has 0 aliphatic carbocycles. The summed E-state index contributed by atoms with van der Waals surface area (Å²) in [4.78, 5) is 14.2. The molecule has 0 aromatic carbocycles. The van der Waals surface area contributed by atoms with Gasteiger partial charge in [-0.05, 0) is 44.4 Å². The van der Waals surface area contributed by atoms with Gasteiger partial charge in [0, 0.05) is 12.1 Å². The van der Waals surface area contributed by atoms with Crippen LogP contribution in [0.4, 0.5) is 4.79 Å². The number of carbonyl (C=O) groups is 1. The molecule has 0 saturated heterocycles. The van der Waals surface area contributed by atoms with E-state index in [-0.39, 0.29) is 22.5 Å². The Morgan fingerprint density at radius 1 is 1.00 bits per heavy atom. The lowest BCUT2D eigenvalue weighted by Gasteiger charge is -2.35. The lowest BCUT2D eigenvalue weighted by atomic mass is 9.96. The molecule has 0 spiro atoms. The molecule has 0 aromatic rings. The number of hydrogen-bond acceptors (Lipinski definition) is 2. The van der Waals surface area contributed by atoms with E-state index in [1.54, 1.807) is 0 Å².